The molecule has 86 valence electrons. The van der Waals surface area contributed by atoms with Crippen LogP contribution in [0.5, 0.6) is 0 Å². The molecule has 16 heavy (non-hydrogen) atoms. The Hall–Kier alpha value is -1.16. The van der Waals surface area contributed by atoms with Gasteiger partial charge in [0.05, 0.1) is 12.4 Å². The van der Waals surface area contributed by atoms with Crippen LogP contribution in [0.2, 0.25) is 5.15 Å². The minimum Gasteiger partial charge on any atom is -0.309 e. The van der Waals surface area contributed by atoms with E-state index in [-0.39, 0.29) is 5.91 Å². The molecule has 0 aliphatic heterocycles. The van der Waals surface area contributed by atoms with Gasteiger partial charge in [0.1, 0.15) is 5.15 Å². The lowest BCUT2D eigenvalue weighted by Gasteiger charge is -2.08. The summed E-state index contributed by atoms with van der Waals surface area (Å²) in [6.45, 7) is 0. The molecule has 1 amide bonds. The van der Waals surface area contributed by atoms with Crippen LogP contribution in [0.4, 0.5) is 5.82 Å². The number of aromatic nitrogens is 2. The Kier molecular flexibility index (Phi) is 3.72. The van der Waals surface area contributed by atoms with E-state index < -0.39 is 0 Å². The van der Waals surface area contributed by atoms with Crippen molar-refractivity contribution in [1.82, 2.24) is 9.97 Å². The molecule has 1 N–H and O–H groups in total. The minimum atomic E-state index is 0.00321. The average Bonchev–Trinajstić information content (AvgIpc) is 2.70. The van der Waals surface area contributed by atoms with E-state index >= 15 is 0 Å². The second-order valence-corrected chi connectivity index (χ2v) is 4.52. The fraction of sp³-hybridized carbons (Fsp3) is 0.545. The molecule has 5 heteroatoms. The molecule has 1 heterocycles. The zero-order chi connectivity index (χ0) is 11.4. The molecule has 1 fully saturated rings. The van der Waals surface area contributed by atoms with Gasteiger partial charge in [-0.15, -0.1) is 0 Å². The maximum atomic E-state index is 11.7. The first-order chi connectivity index (χ1) is 7.74. The summed E-state index contributed by atoms with van der Waals surface area (Å²) in [6.07, 6.45) is 8.33. The molecule has 1 aromatic rings. The monoisotopic (exact) mass is 239 g/mol. The first-order valence-electron chi connectivity index (χ1n) is 5.51. The smallest absolute Gasteiger partial charge is 0.225 e. The van der Waals surface area contributed by atoms with Crippen molar-refractivity contribution in [3.05, 3.63) is 17.5 Å². The number of anilines is 1. The van der Waals surface area contributed by atoms with Gasteiger partial charge in [-0.3, -0.25) is 9.78 Å². The summed E-state index contributed by atoms with van der Waals surface area (Å²) in [5.41, 5.74) is 0. The van der Waals surface area contributed by atoms with Crippen LogP contribution in [-0.2, 0) is 4.79 Å². The van der Waals surface area contributed by atoms with Gasteiger partial charge in [-0.05, 0) is 18.8 Å². The quantitative estimate of drug-likeness (QED) is 0.882. The minimum absolute atomic E-state index is 0.00321. The van der Waals surface area contributed by atoms with Crippen molar-refractivity contribution in [1.29, 1.82) is 0 Å². The Morgan fingerprint density at radius 1 is 1.44 bits per heavy atom. The van der Waals surface area contributed by atoms with E-state index in [0.29, 0.717) is 23.3 Å². The molecule has 0 aromatic carbocycles. The van der Waals surface area contributed by atoms with Crippen LogP contribution in [0.3, 0.4) is 0 Å². The largest absolute Gasteiger partial charge is 0.309 e. The first kappa shape index (κ1) is 11.3. The predicted octanol–water partition coefficient (Wildman–Crippen LogP) is 2.65. The van der Waals surface area contributed by atoms with Crippen molar-refractivity contribution < 1.29 is 4.79 Å². The van der Waals surface area contributed by atoms with E-state index in [1.807, 2.05) is 0 Å². The van der Waals surface area contributed by atoms with Gasteiger partial charge >= 0.3 is 0 Å². The molecular weight excluding hydrogens is 226 g/mol. The van der Waals surface area contributed by atoms with Crippen LogP contribution in [-0.4, -0.2) is 15.9 Å². The van der Waals surface area contributed by atoms with Gasteiger partial charge in [0, 0.05) is 6.42 Å². The summed E-state index contributed by atoms with van der Waals surface area (Å²) in [7, 11) is 0. The number of halogens is 1. The predicted molar refractivity (Wildman–Crippen MR) is 62.2 cm³/mol. The lowest BCUT2D eigenvalue weighted by molar-refractivity contribution is -0.117. The molecule has 2 rings (SSSR count). The van der Waals surface area contributed by atoms with E-state index in [0.717, 1.165) is 12.8 Å². The lowest BCUT2D eigenvalue weighted by atomic mass is 10.0. The van der Waals surface area contributed by atoms with Gasteiger partial charge in [-0.2, -0.15) is 0 Å². The van der Waals surface area contributed by atoms with Crippen molar-refractivity contribution in [2.24, 2.45) is 5.92 Å². The fourth-order valence-corrected chi connectivity index (χ4v) is 2.22. The molecule has 0 saturated heterocycles. The van der Waals surface area contributed by atoms with Crippen molar-refractivity contribution in [3.8, 4) is 0 Å². The number of amides is 1. The van der Waals surface area contributed by atoms with Crippen LogP contribution < -0.4 is 5.32 Å². The van der Waals surface area contributed by atoms with Gasteiger partial charge in [-0.25, -0.2) is 4.98 Å². The Morgan fingerprint density at radius 3 is 2.88 bits per heavy atom. The molecule has 1 saturated carbocycles. The third-order valence-corrected chi connectivity index (χ3v) is 3.00. The first-order valence-corrected chi connectivity index (χ1v) is 5.89. The highest BCUT2D eigenvalue weighted by molar-refractivity contribution is 6.29. The van der Waals surface area contributed by atoms with Gasteiger partial charge in [0.2, 0.25) is 5.91 Å². The van der Waals surface area contributed by atoms with Crippen LogP contribution in [0.25, 0.3) is 0 Å². The normalized spacial score (nSPS) is 16.3. The summed E-state index contributed by atoms with van der Waals surface area (Å²) < 4.78 is 0. The SMILES string of the molecule is O=C(CC1CCCC1)Nc1cncc(Cl)n1. The summed E-state index contributed by atoms with van der Waals surface area (Å²) in [6, 6.07) is 0. The maximum absolute atomic E-state index is 11.7. The molecule has 0 atom stereocenters. The lowest BCUT2D eigenvalue weighted by Crippen LogP contribution is -2.16. The Bertz CT molecular complexity index is 377. The number of carbonyl (C=O) groups is 1. The Morgan fingerprint density at radius 2 is 2.19 bits per heavy atom. The van der Waals surface area contributed by atoms with Crippen molar-refractivity contribution in [2.45, 2.75) is 32.1 Å². The summed E-state index contributed by atoms with van der Waals surface area (Å²) in [5, 5.41) is 3.00. The number of carbonyl (C=O) groups excluding carboxylic acids is 1. The molecule has 0 bridgehead atoms. The number of hydrogen-bond donors (Lipinski definition) is 1. The zero-order valence-electron chi connectivity index (χ0n) is 8.95. The highest BCUT2D eigenvalue weighted by Gasteiger charge is 2.18. The summed E-state index contributed by atoms with van der Waals surface area (Å²) >= 11 is 5.67. The van der Waals surface area contributed by atoms with E-state index in [1.54, 1.807) is 0 Å². The third kappa shape index (κ3) is 3.17. The van der Waals surface area contributed by atoms with Gasteiger partial charge in [0.15, 0.2) is 5.82 Å². The van der Waals surface area contributed by atoms with Crippen molar-refractivity contribution >= 4 is 23.3 Å². The average molecular weight is 240 g/mol. The van der Waals surface area contributed by atoms with Crippen LogP contribution in [0, 0.1) is 5.92 Å². The molecule has 1 aliphatic carbocycles. The zero-order valence-corrected chi connectivity index (χ0v) is 9.70. The topological polar surface area (TPSA) is 54.9 Å². The Balaban J connectivity index is 1.86. The van der Waals surface area contributed by atoms with Gasteiger partial charge < -0.3 is 5.32 Å². The molecular formula is C11H14ClN3O. The number of rotatable bonds is 3. The van der Waals surface area contributed by atoms with E-state index in [9.17, 15) is 4.79 Å². The fourth-order valence-electron chi connectivity index (χ4n) is 2.07. The van der Waals surface area contributed by atoms with Crippen molar-refractivity contribution in [2.75, 3.05) is 5.32 Å². The summed E-state index contributed by atoms with van der Waals surface area (Å²) in [5.74, 6) is 0.964. The molecule has 1 aromatic heterocycles. The molecule has 0 radical (unpaired) electrons. The van der Waals surface area contributed by atoms with Crippen LogP contribution in [0.1, 0.15) is 32.1 Å². The second kappa shape index (κ2) is 5.25. The highest BCUT2D eigenvalue weighted by atomic mass is 35.5. The van der Waals surface area contributed by atoms with Crippen molar-refractivity contribution in [3.63, 3.8) is 0 Å². The van der Waals surface area contributed by atoms with Gasteiger partial charge in [-0.1, -0.05) is 24.4 Å². The van der Waals surface area contributed by atoms with E-state index in [4.69, 9.17) is 11.6 Å². The maximum Gasteiger partial charge on any atom is 0.225 e. The molecule has 1 aliphatic rings. The number of hydrogen-bond acceptors (Lipinski definition) is 3. The van der Waals surface area contributed by atoms with Gasteiger partial charge in [0.25, 0.3) is 0 Å². The summed E-state index contributed by atoms with van der Waals surface area (Å²) in [4.78, 5) is 19.5. The molecule has 4 nitrogen and oxygen atoms in total. The molecule has 0 unspecified atom stereocenters. The number of nitrogens with zero attached hydrogens (tertiary/aromatic N) is 2. The Labute approximate surface area is 99.4 Å². The van der Waals surface area contributed by atoms with E-state index in [1.165, 1.54) is 25.2 Å². The number of nitrogens with one attached hydrogen (secondary N) is 1. The van der Waals surface area contributed by atoms with Crippen LogP contribution >= 0.6 is 11.6 Å². The second-order valence-electron chi connectivity index (χ2n) is 4.13. The van der Waals surface area contributed by atoms with E-state index in [2.05, 4.69) is 15.3 Å². The molecule has 0 spiro atoms. The third-order valence-electron chi connectivity index (χ3n) is 2.82. The standard InChI is InChI=1S/C11H14ClN3O/c12-9-6-13-7-10(14-9)15-11(16)5-8-3-1-2-4-8/h6-8H,1-5H2,(H,14,15,16). The van der Waals surface area contributed by atoms with Crippen LogP contribution in [0.15, 0.2) is 12.4 Å². The highest BCUT2D eigenvalue weighted by Crippen LogP contribution is 2.27.